The monoisotopic (exact) mass is 158 g/mol. The van der Waals surface area contributed by atoms with Gasteiger partial charge in [0.05, 0.1) is 0 Å². The van der Waals surface area contributed by atoms with Gasteiger partial charge in [0.25, 0.3) is 0 Å². The highest BCUT2D eigenvalue weighted by molar-refractivity contribution is 5.67. The largest absolute Gasteiger partial charge is 0.481 e. The topological polar surface area (TPSA) is 57.5 Å². The number of aliphatic hydroxyl groups excluding tert-OH is 1. The minimum atomic E-state index is -1.47. The first kappa shape index (κ1) is 5.77. The van der Waals surface area contributed by atoms with Crippen LogP contribution < -0.4 is 0 Å². The Morgan fingerprint density at radius 3 is 3.09 bits per heavy atom. The Morgan fingerprint density at radius 2 is 2.55 bits per heavy atom. The van der Waals surface area contributed by atoms with Crippen LogP contribution in [0.5, 0.6) is 0 Å². The third-order valence-corrected chi connectivity index (χ3v) is 1.67. The summed E-state index contributed by atoms with van der Waals surface area (Å²) in [5.41, 5.74) is 0. The molecule has 0 radical (unpaired) electrons. The molecule has 0 saturated heterocycles. The number of carboxylic acid groups (broad SMARTS) is 1. The van der Waals surface area contributed by atoms with E-state index in [0.717, 1.165) is 0 Å². The van der Waals surface area contributed by atoms with Gasteiger partial charge < -0.3 is 10.2 Å². The summed E-state index contributed by atoms with van der Waals surface area (Å²) in [7, 11) is 0. The van der Waals surface area contributed by atoms with E-state index in [4.69, 9.17) is 13.0 Å². The summed E-state index contributed by atoms with van der Waals surface area (Å²) < 4.78 is 15.5. The molecule has 0 aromatic carbocycles. The van der Waals surface area contributed by atoms with Crippen LogP contribution in [0.25, 0.3) is 0 Å². The molecule has 1 aliphatic carbocycles. The Kier molecular flexibility index (Phi) is 1.85. The summed E-state index contributed by atoms with van der Waals surface area (Å²) in [6, 6.07) is 0. The van der Waals surface area contributed by atoms with Crippen molar-refractivity contribution in [3.63, 3.8) is 0 Å². The lowest BCUT2D eigenvalue weighted by Crippen LogP contribution is -2.15. The Hall–Kier alpha value is -0.830. The van der Waals surface area contributed by atoms with Crippen LogP contribution in [-0.2, 0) is 4.79 Å². The predicted molar refractivity (Wildman–Crippen MR) is 40.1 cm³/mol. The van der Waals surface area contributed by atoms with Gasteiger partial charge in [0.2, 0.25) is 0 Å². The maximum Gasteiger partial charge on any atom is 0.303 e. The van der Waals surface area contributed by atoms with E-state index in [2.05, 4.69) is 0 Å². The van der Waals surface area contributed by atoms with Crippen molar-refractivity contribution in [2.75, 3.05) is 6.61 Å². The van der Waals surface area contributed by atoms with Crippen molar-refractivity contribution >= 4 is 5.97 Å². The number of allylic oxidation sites excluding steroid dienone is 1. The van der Waals surface area contributed by atoms with E-state index < -0.39 is 30.8 Å². The summed E-state index contributed by atoms with van der Waals surface area (Å²) in [6.45, 7) is -0.514. The molecule has 0 spiro atoms. The van der Waals surface area contributed by atoms with Crippen LogP contribution in [0.1, 0.15) is 15.6 Å². The second kappa shape index (κ2) is 3.53. The maximum absolute atomic E-state index is 10.5. The second-order valence-electron chi connectivity index (χ2n) is 2.46. The van der Waals surface area contributed by atoms with Crippen LogP contribution in [0.3, 0.4) is 0 Å². The minimum absolute atomic E-state index is 0.212. The SMILES string of the molecule is [2H][C@]1(CC(=O)O)CC=C[C@@]1([2H])CO. The minimum Gasteiger partial charge on any atom is -0.481 e. The molecule has 62 valence electrons. The highest BCUT2D eigenvalue weighted by Crippen LogP contribution is 2.27. The quantitative estimate of drug-likeness (QED) is 0.593. The summed E-state index contributed by atoms with van der Waals surface area (Å²) in [4.78, 5) is 10.5. The fraction of sp³-hybridized carbons (Fsp3) is 0.625. The van der Waals surface area contributed by atoms with Gasteiger partial charge in [-0.3, -0.25) is 4.79 Å². The molecule has 2 atom stereocenters. The van der Waals surface area contributed by atoms with Crippen molar-refractivity contribution in [1.29, 1.82) is 0 Å². The van der Waals surface area contributed by atoms with E-state index in [1.54, 1.807) is 6.08 Å². The Bertz CT molecular complexity index is 254. The van der Waals surface area contributed by atoms with Gasteiger partial charge in [-0.2, -0.15) is 0 Å². The van der Waals surface area contributed by atoms with Crippen molar-refractivity contribution in [2.45, 2.75) is 12.8 Å². The third kappa shape index (κ3) is 2.05. The first-order valence-corrected chi connectivity index (χ1v) is 3.44. The van der Waals surface area contributed by atoms with Crippen LogP contribution in [-0.4, -0.2) is 22.8 Å². The fourth-order valence-electron chi connectivity index (χ4n) is 1.13. The smallest absolute Gasteiger partial charge is 0.303 e. The van der Waals surface area contributed by atoms with Crippen molar-refractivity contribution in [3.8, 4) is 0 Å². The molecule has 3 heteroatoms. The van der Waals surface area contributed by atoms with E-state index >= 15 is 0 Å². The Labute approximate surface area is 68.2 Å². The predicted octanol–water partition coefficient (Wildman–Crippen LogP) is 0.646. The van der Waals surface area contributed by atoms with E-state index in [1.807, 2.05) is 0 Å². The molecular weight excluding hydrogens is 144 g/mol. The van der Waals surface area contributed by atoms with E-state index in [-0.39, 0.29) is 6.42 Å². The summed E-state index contributed by atoms with van der Waals surface area (Å²) >= 11 is 0. The number of aliphatic carboxylic acids is 1. The lowest BCUT2D eigenvalue weighted by atomic mass is 9.93. The molecule has 1 aliphatic rings. The second-order valence-corrected chi connectivity index (χ2v) is 2.46. The lowest BCUT2D eigenvalue weighted by molar-refractivity contribution is -0.138. The summed E-state index contributed by atoms with van der Waals surface area (Å²) in [6.07, 6.45) is 2.79. The van der Waals surface area contributed by atoms with Gasteiger partial charge in [0.15, 0.2) is 0 Å². The molecule has 0 unspecified atom stereocenters. The zero-order chi connectivity index (χ0) is 10.1. The van der Waals surface area contributed by atoms with E-state index in [1.165, 1.54) is 6.08 Å². The van der Waals surface area contributed by atoms with Crippen LogP contribution in [0.15, 0.2) is 12.2 Å². The molecule has 0 amide bonds. The zero-order valence-electron chi connectivity index (χ0n) is 8.08. The molecule has 0 fully saturated rings. The van der Waals surface area contributed by atoms with Crippen LogP contribution in [0.4, 0.5) is 0 Å². The van der Waals surface area contributed by atoms with Gasteiger partial charge in [-0.05, 0) is 12.3 Å². The van der Waals surface area contributed by atoms with Gasteiger partial charge in [-0.25, -0.2) is 0 Å². The first-order chi connectivity index (χ1) is 5.93. The van der Waals surface area contributed by atoms with Gasteiger partial charge in [0, 0.05) is 21.7 Å². The number of hydrogen-bond donors (Lipinski definition) is 2. The summed E-state index contributed by atoms with van der Waals surface area (Å²) in [5, 5.41) is 17.5. The number of aliphatic hydroxyl groups is 1. The first-order valence-electron chi connectivity index (χ1n) is 4.44. The fourth-order valence-corrected chi connectivity index (χ4v) is 1.13. The highest BCUT2D eigenvalue weighted by atomic mass is 16.4. The van der Waals surface area contributed by atoms with Crippen LogP contribution in [0, 0.1) is 11.8 Å². The van der Waals surface area contributed by atoms with Gasteiger partial charge in [0.1, 0.15) is 0 Å². The summed E-state index contributed by atoms with van der Waals surface area (Å²) in [5.74, 6) is -4.00. The van der Waals surface area contributed by atoms with E-state index in [0.29, 0.717) is 0 Å². The number of carboxylic acids is 1. The Balaban J connectivity index is 2.85. The normalized spacial score (nSPS) is 45.2. The maximum atomic E-state index is 10.5. The Morgan fingerprint density at radius 1 is 1.82 bits per heavy atom. The average molecular weight is 158 g/mol. The lowest BCUT2D eigenvalue weighted by Gasteiger charge is -2.13. The third-order valence-electron chi connectivity index (χ3n) is 1.67. The van der Waals surface area contributed by atoms with E-state index in [9.17, 15) is 4.79 Å². The highest BCUT2D eigenvalue weighted by Gasteiger charge is 2.23. The van der Waals surface area contributed by atoms with Crippen molar-refractivity contribution < 1.29 is 17.7 Å². The van der Waals surface area contributed by atoms with Gasteiger partial charge in [-0.1, -0.05) is 12.2 Å². The molecule has 0 bridgehead atoms. The molecule has 0 heterocycles. The van der Waals surface area contributed by atoms with Crippen LogP contribution in [0.2, 0.25) is 0 Å². The molecule has 11 heavy (non-hydrogen) atoms. The van der Waals surface area contributed by atoms with Gasteiger partial charge >= 0.3 is 5.97 Å². The molecule has 1 rings (SSSR count). The molecule has 3 nitrogen and oxygen atoms in total. The van der Waals surface area contributed by atoms with Gasteiger partial charge in [-0.15, -0.1) is 0 Å². The van der Waals surface area contributed by atoms with Crippen LogP contribution >= 0.6 is 0 Å². The molecule has 0 aromatic heterocycles. The van der Waals surface area contributed by atoms with Crippen molar-refractivity contribution in [3.05, 3.63) is 12.2 Å². The molecule has 0 saturated carbocycles. The van der Waals surface area contributed by atoms with Crippen molar-refractivity contribution in [1.82, 2.24) is 0 Å². The standard InChI is InChI=1S/C8H12O3/c9-5-7-3-1-2-6(7)4-8(10)11/h1,3,6-7,9H,2,4-5H2,(H,10,11)/t6-,7+/m1/s1/i6D,7D. The molecule has 0 aliphatic heterocycles. The molecule has 0 aromatic rings. The van der Waals surface area contributed by atoms with Crippen molar-refractivity contribution in [2.24, 2.45) is 11.8 Å². The molecular formula is C8H12O3. The zero-order valence-corrected chi connectivity index (χ0v) is 6.08. The molecule has 2 N–H and O–H groups in total. The average Bonchev–Trinajstić information content (AvgIpc) is 2.28. The number of carbonyl (C=O) groups is 1. The number of hydrogen-bond acceptors (Lipinski definition) is 2. The number of rotatable bonds is 3.